The molecule has 2 heteroatoms. The van der Waals surface area contributed by atoms with Gasteiger partial charge in [-0.3, -0.25) is 0 Å². The number of fused-ring (bicyclic) bond motifs is 1. The van der Waals surface area contributed by atoms with Crippen LogP contribution in [0.15, 0.2) is 18.2 Å². The van der Waals surface area contributed by atoms with Crippen LogP contribution < -0.4 is 10.2 Å². The molecular formula is C15H22N2. The van der Waals surface area contributed by atoms with Crippen molar-refractivity contribution in [3.63, 3.8) is 0 Å². The number of rotatable bonds is 3. The van der Waals surface area contributed by atoms with Crippen LogP contribution in [0, 0.1) is 0 Å². The Bertz CT molecular complexity index is 396. The molecule has 0 atom stereocenters. The zero-order valence-electron chi connectivity index (χ0n) is 10.7. The normalized spacial score (nSPS) is 19.9. The number of nitrogens with zero attached hydrogens (tertiary/aromatic N) is 1. The zero-order valence-corrected chi connectivity index (χ0v) is 10.7. The first-order chi connectivity index (χ1) is 8.33. The van der Waals surface area contributed by atoms with Crippen LogP contribution in [0.4, 0.5) is 5.69 Å². The van der Waals surface area contributed by atoms with Gasteiger partial charge >= 0.3 is 0 Å². The Balaban J connectivity index is 1.69. The molecule has 0 unspecified atom stereocenters. The van der Waals surface area contributed by atoms with Crippen LogP contribution in [-0.4, -0.2) is 19.6 Å². The third-order valence-electron chi connectivity index (χ3n) is 4.19. The molecule has 1 fully saturated rings. The summed E-state index contributed by atoms with van der Waals surface area (Å²) in [5, 5.41) is 3.64. The van der Waals surface area contributed by atoms with E-state index >= 15 is 0 Å². The van der Waals surface area contributed by atoms with Crippen LogP contribution in [0.25, 0.3) is 0 Å². The van der Waals surface area contributed by atoms with Gasteiger partial charge in [-0.05, 0) is 42.9 Å². The van der Waals surface area contributed by atoms with Gasteiger partial charge in [0, 0.05) is 31.9 Å². The summed E-state index contributed by atoms with van der Waals surface area (Å²) in [5.41, 5.74) is 4.42. The number of hydrogen-bond acceptors (Lipinski definition) is 2. The van der Waals surface area contributed by atoms with Gasteiger partial charge in [-0.15, -0.1) is 0 Å². The van der Waals surface area contributed by atoms with Crippen LogP contribution in [0.2, 0.25) is 0 Å². The molecular weight excluding hydrogens is 208 g/mol. The molecule has 0 radical (unpaired) electrons. The van der Waals surface area contributed by atoms with E-state index in [-0.39, 0.29) is 0 Å². The summed E-state index contributed by atoms with van der Waals surface area (Å²) in [5.74, 6) is 0. The summed E-state index contributed by atoms with van der Waals surface area (Å²) in [6, 6.07) is 7.77. The first-order valence-corrected chi connectivity index (χ1v) is 6.89. The van der Waals surface area contributed by atoms with E-state index < -0.39 is 0 Å². The first kappa shape index (κ1) is 11.1. The van der Waals surface area contributed by atoms with Gasteiger partial charge in [-0.25, -0.2) is 0 Å². The molecule has 0 saturated heterocycles. The summed E-state index contributed by atoms with van der Waals surface area (Å²) in [7, 11) is 2.20. The van der Waals surface area contributed by atoms with Crippen LogP contribution in [0.1, 0.15) is 36.8 Å². The third kappa shape index (κ3) is 2.32. The smallest absolute Gasteiger partial charge is 0.0396 e. The van der Waals surface area contributed by atoms with Crippen molar-refractivity contribution in [2.75, 3.05) is 18.5 Å². The van der Waals surface area contributed by atoms with Crippen molar-refractivity contribution < 1.29 is 0 Å². The van der Waals surface area contributed by atoms with E-state index in [1.807, 2.05) is 0 Å². The molecule has 1 heterocycles. The van der Waals surface area contributed by atoms with E-state index in [0.29, 0.717) is 0 Å². The number of aryl methyl sites for hydroxylation is 1. The van der Waals surface area contributed by atoms with E-state index in [4.69, 9.17) is 0 Å². The van der Waals surface area contributed by atoms with Crippen molar-refractivity contribution in [1.29, 1.82) is 0 Å². The number of anilines is 1. The molecule has 1 aromatic carbocycles. The molecule has 2 nitrogen and oxygen atoms in total. The number of nitrogens with one attached hydrogen (secondary N) is 1. The average Bonchev–Trinajstić information content (AvgIpc) is 2.27. The number of benzene rings is 1. The number of hydrogen-bond donors (Lipinski definition) is 1. The fraction of sp³-hybridized carbons (Fsp3) is 0.600. The molecule has 17 heavy (non-hydrogen) atoms. The SMILES string of the molecule is CN1CCCc2cc(CNC3CCC3)ccc21. The van der Waals surface area contributed by atoms with Gasteiger partial charge in [-0.2, -0.15) is 0 Å². The minimum absolute atomic E-state index is 0.786. The maximum atomic E-state index is 3.64. The highest BCUT2D eigenvalue weighted by Gasteiger charge is 2.17. The Kier molecular flexibility index (Phi) is 3.06. The summed E-state index contributed by atoms with van der Waals surface area (Å²) in [4.78, 5) is 2.38. The average molecular weight is 230 g/mol. The highest BCUT2D eigenvalue weighted by Crippen LogP contribution is 2.27. The second-order valence-electron chi connectivity index (χ2n) is 5.50. The highest BCUT2D eigenvalue weighted by molar-refractivity contribution is 5.56. The lowest BCUT2D eigenvalue weighted by Gasteiger charge is -2.29. The topological polar surface area (TPSA) is 15.3 Å². The molecule has 1 aliphatic heterocycles. The fourth-order valence-electron chi connectivity index (χ4n) is 2.82. The van der Waals surface area contributed by atoms with Crippen LogP contribution in [-0.2, 0) is 13.0 Å². The van der Waals surface area contributed by atoms with Gasteiger partial charge in [0.25, 0.3) is 0 Å². The lowest BCUT2D eigenvalue weighted by atomic mass is 9.93. The third-order valence-corrected chi connectivity index (χ3v) is 4.19. The molecule has 1 saturated carbocycles. The second kappa shape index (κ2) is 4.69. The molecule has 0 bridgehead atoms. The second-order valence-corrected chi connectivity index (χ2v) is 5.50. The Morgan fingerprint density at radius 1 is 1.29 bits per heavy atom. The lowest BCUT2D eigenvalue weighted by molar-refractivity contribution is 0.338. The molecule has 1 aliphatic carbocycles. The standard InChI is InChI=1S/C15H22N2/c1-17-9-3-4-13-10-12(7-8-15(13)17)11-16-14-5-2-6-14/h7-8,10,14,16H,2-6,9,11H2,1H3. The minimum Gasteiger partial charge on any atom is -0.374 e. The van der Waals surface area contributed by atoms with Gasteiger partial charge < -0.3 is 10.2 Å². The predicted octanol–water partition coefficient (Wildman–Crippen LogP) is 2.71. The van der Waals surface area contributed by atoms with Crippen molar-refractivity contribution in [3.8, 4) is 0 Å². The Morgan fingerprint density at radius 3 is 2.94 bits per heavy atom. The molecule has 0 spiro atoms. The van der Waals surface area contributed by atoms with E-state index in [0.717, 1.165) is 12.6 Å². The predicted molar refractivity (Wildman–Crippen MR) is 72.5 cm³/mol. The highest BCUT2D eigenvalue weighted by atomic mass is 15.1. The van der Waals surface area contributed by atoms with E-state index in [1.165, 1.54) is 55.5 Å². The quantitative estimate of drug-likeness (QED) is 0.859. The van der Waals surface area contributed by atoms with Gasteiger partial charge in [0.15, 0.2) is 0 Å². The molecule has 92 valence electrons. The molecule has 3 rings (SSSR count). The van der Waals surface area contributed by atoms with Gasteiger partial charge in [0.05, 0.1) is 0 Å². The van der Waals surface area contributed by atoms with Crippen LogP contribution in [0.3, 0.4) is 0 Å². The molecule has 1 aromatic rings. The Morgan fingerprint density at radius 2 is 2.18 bits per heavy atom. The molecule has 0 amide bonds. The Hall–Kier alpha value is -1.02. The minimum atomic E-state index is 0.786. The van der Waals surface area contributed by atoms with Crippen molar-refractivity contribution in [3.05, 3.63) is 29.3 Å². The summed E-state index contributed by atoms with van der Waals surface area (Å²) >= 11 is 0. The maximum absolute atomic E-state index is 3.64. The van der Waals surface area contributed by atoms with E-state index in [1.54, 1.807) is 0 Å². The summed E-state index contributed by atoms with van der Waals surface area (Å²) in [6.45, 7) is 2.24. The van der Waals surface area contributed by atoms with E-state index in [9.17, 15) is 0 Å². The maximum Gasteiger partial charge on any atom is 0.0396 e. The van der Waals surface area contributed by atoms with Crippen LogP contribution >= 0.6 is 0 Å². The fourth-order valence-corrected chi connectivity index (χ4v) is 2.82. The Labute approximate surface area is 104 Å². The zero-order chi connectivity index (χ0) is 11.7. The monoisotopic (exact) mass is 230 g/mol. The van der Waals surface area contributed by atoms with Crippen molar-refractivity contribution in [2.24, 2.45) is 0 Å². The summed E-state index contributed by atoms with van der Waals surface area (Å²) in [6.07, 6.45) is 6.69. The van der Waals surface area contributed by atoms with Gasteiger partial charge in [-0.1, -0.05) is 18.6 Å². The molecule has 1 N–H and O–H groups in total. The molecule has 2 aliphatic rings. The van der Waals surface area contributed by atoms with Crippen molar-refractivity contribution >= 4 is 5.69 Å². The first-order valence-electron chi connectivity index (χ1n) is 6.89. The van der Waals surface area contributed by atoms with E-state index in [2.05, 4.69) is 35.5 Å². The van der Waals surface area contributed by atoms with Crippen LogP contribution in [0.5, 0.6) is 0 Å². The van der Waals surface area contributed by atoms with Gasteiger partial charge in [0.1, 0.15) is 0 Å². The lowest BCUT2D eigenvalue weighted by Crippen LogP contribution is -2.34. The largest absolute Gasteiger partial charge is 0.374 e. The summed E-state index contributed by atoms with van der Waals surface area (Å²) < 4.78 is 0. The molecule has 0 aromatic heterocycles. The van der Waals surface area contributed by atoms with Crippen molar-refractivity contribution in [1.82, 2.24) is 5.32 Å². The van der Waals surface area contributed by atoms with Gasteiger partial charge in [0.2, 0.25) is 0 Å². The van der Waals surface area contributed by atoms with Crippen molar-refractivity contribution in [2.45, 2.75) is 44.7 Å².